The summed E-state index contributed by atoms with van der Waals surface area (Å²) >= 11 is 0. The predicted molar refractivity (Wildman–Crippen MR) is 95.9 cm³/mol. The molecule has 1 saturated heterocycles. The van der Waals surface area contributed by atoms with E-state index in [-0.39, 0.29) is 17.7 Å². The molecule has 1 aliphatic carbocycles. The van der Waals surface area contributed by atoms with Gasteiger partial charge >= 0.3 is 0 Å². The summed E-state index contributed by atoms with van der Waals surface area (Å²) in [6.07, 6.45) is 4.37. The molecule has 2 fully saturated rings. The zero-order valence-corrected chi connectivity index (χ0v) is 15.2. The quantitative estimate of drug-likeness (QED) is 0.843. The van der Waals surface area contributed by atoms with Gasteiger partial charge in [-0.1, -0.05) is 43.2 Å². The van der Waals surface area contributed by atoms with Crippen molar-refractivity contribution < 1.29 is 14.3 Å². The molecule has 2 amide bonds. The molecule has 1 aliphatic heterocycles. The van der Waals surface area contributed by atoms with Gasteiger partial charge in [0.2, 0.25) is 5.91 Å². The first kappa shape index (κ1) is 17.9. The molecule has 5 heteroatoms. The fourth-order valence-electron chi connectivity index (χ4n) is 3.95. The topological polar surface area (TPSA) is 49.9 Å². The van der Waals surface area contributed by atoms with Crippen molar-refractivity contribution in [2.24, 2.45) is 5.92 Å². The molecule has 0 radical (unpaired) electrons. The second kappa shape index (κ2) is 7.56. The zero-order valence-electron chi connectivity index (χ0n) is 15.2. The summed E-state index contributed by atoms with van der Waals surface area (Å²) in [5, 5.41) is 0. The lowest BCUT2D eigenvalue weighted by Crippen LogP contribution is -2.56. The molecule has 5 nitrogen and oxygen atoms in total. The van der Waals surface area contributed by atoms with E-state index >= 15 is 0 Å². The number of amides is 2. The van der Waals surface area contributed by atoms with Crippen LogP contribution in [0.3, 0.4) is 0 Å². The van der Waals surface area contributed by atoms with Gasteiger partial charge < -0.3 is 14.5 Å². The number of hydrogen-bond donors (Lipinski definition) is 0. The van der Waals surface area contributed by atoms with Crippen molar-refractivity contribution in [2.45, 2.75) is 38.2 Å². The third-order valence-corrected chi connectivity index (χ3v) is 5.72. The first-order valence-electron chi connectivity index (χ1n) is 9.25. The molecule has 1 aromatic carbocycles. The molecule has 1 atom stereocenters. The maximum Gasteiger partial charge on any atom is 0.259 e. The molecular weight excluding hydrogens is 316 g/mol. The van der Waals surface area contributed by atoms with Gasteiger partial charge in [-0.05, 0) is 25.3 Å². The minimum atomic E-state index is -0.987. The minimum absolute atomic E-state index is 0.0332. The zero-order chi connectivity index (χ0) is 17.9. The predicted octanol–water partition coefficient (Wildman–Crippen LogP) is 2.41. The molecule has 3 rings (SSSR count). The van der Waals surface area contributed by atoms with Crippen LogP contribution in [0.5, 0.6) is 0 Å². The van der Waals surface area contributed by atoms with Gasteiger partial charge in [-0.2, -0.15) is 0 Å². The Kier molecular flexibility index (Phi) is 5.42. The summed E-state index contributed by atoms with van der Waals surface area (Å²) < 4.78 is 5.62. The van der Waals surface area contributed by atoms with Crippen molar-refractivity contribution in [2.75, 3.05) is 33.3 Å². The number of nitrogens with zero attached hydrogens (tertiary/aromatic N) is 2. The number of hydrogen-bond acceptors (Lipinski definition) is 3. The van der Waals surface area contributed by atoms with Crippen LogP contribution < -0.4 is 0 Å². The van der Waals surface area contributed by atoms with E-state index in [0.29, 0.717) is 26.2 Å². The Morgan fingerprint density at radius 1 is 1.00 bits per heavy atom. The lowest BCUT2D eigenvalue weighted by Gasteiger charge is -2.40. The summed E-state index contributed by atoms with van der Waals surface area (Å²) in [6.45, 7) is 4.21. The fourth-order valence-corrected chi connectivity index (χ4v) is 3.95. The summed E-state index contributed by atoms with van der Waals surface area (Å²) in [5.41, 5.74) is -0.134. The number of benzene rings is 1. The van der Waals surface area contributed by atoms with Crippen molar-refractivity contribution in [1.29, 1.82) is 0 Å². The number of methoxy groups -OCH3 is 1. The average Bonchev–Trinajstić information content (AvgIpc) is 3.22. The lowest BCUT2D eigenvalue weighted by atomic mass is 9.93. The standard InChI is InChI=1S/C20H28N2O3/c1-20(25-2,17-10-4-3-5-11-17)19(24)22-14-12-21(13-15-22)18(23)16-8-6-7-9-16/h3-5,10-11,16H,6-9,12-15H2,1-2H3/t20-/m1/s1. The normalized spacial score (nSPS) is 21.2. The highest BCUT2D eigenvalue weighted by atomic mass is 16.5. The van der Waals surface area contributed by atoms with Crippen LogP contribution in [-0.2, 0) is 19.9 Å². The third-order valence-electron chi connectivity index (χ3n) is 5.72. The van der Waals surface area contributed by atoms with Crippen LogP contribution in [0.1, 0.15) is 38.2 Å². The molecule has 1 heterocycles. The Hall–Kier alpha value is -1.88. The van der Waals surface area contributed by atoms with E-state index < -0.39 is 5.60 Å². The molecule has 0 spiro atoms. The summed E-state index contributed by atoms with van der Waals surface area (Å²) in [7, 11) is 1.57. The monoisotopic (exact) mass is 344 g/mol. The van der Waals surface area contributed by atoms with E-state index in [1.165, 1.54) is 0 Å². The average molecular weight is 344 g/mol. The fraction of sp³-hybridized carbons (Fsp3) is 0.600. The minimum Gasteiger partial charge on any atom is -0.364 e. The molecule has 2 aliphatic rings. The van der Waals surface area contributed by atoms with Gasteiger partial charge in [-0.15, -0.1) is 0 Å². The number of carbonyl (C=O) groups is 2. The van der Waals surface area contributed by atoms with Gasteiger partial charge in [0.05, 0.1) is 0 Å². The first-order valence-corrected chi connectivity index (χ1v) is 9.25. The van der Waals surface area contributed by atoms with Crippen LogP contribution in [0, 0.1) is 5.92 Å². The summed E-state index contributed by atoms with van der Waals surface area (Å²) in [4.78, 5) is 29.4. The largest absolute Gasteiger partial charge is 0.364 e. The highest BCUT2D eigenvalue weighted by molar-refractivity contribution is 5.87. The highest BCUT2D eigenvalue weighted by Gasteiger charge is 2.40. The van der Waals surface area contributed by atoms with E-state index in [9.17, 15) is 9.59 Å². The second-order valence-electron chi connectivity index (χ2n) is 7.20. The molecular formula is C20H28N2O3. The molecule has 25 heavy (non-hydrogen) atoms. The SMILES string of the molecule is CO[C@@](C)(C(=O)N1CCN(C(=O)C2CCCC2)CC1)c1ccccc1. The molecule has 0 unspecified atom stereocenters. The van der Waals surface area contributed by atoms with E-state index in [2.05, 4.69) is 0 Å². The van der Waals surface area contributed by atoms with Gasteiger partial charge in [-0.25, -0.2) is 0 Å². The number of carbonyl (C=O) groups excluding carboxylic acids is 2. The smallest absolute Gasteiger partial charge is 0.259 e. The highest BCUT2D eigenvalue weighted by Crippen LogP contribution is 2.29. The molecule has 136 valence electrons. The maximum absolute atomic E-state index is 13.1. The third kappa shape index (κ3) is 3.56. The Morgan fingerprint density at radius 3 is 2.12 bits per heavy atom. The first-order chi connectivity index (χ1) is 12.1. The van der Waals surface area contributed by atoms with Crippen LogP contribution >= 0.6 is 0 Å². The van der Waals surface area contributed by atoms with Crippen molar-refractivity contribution in [3.8, 4) is 0 Å². The number of ether oxygens (including phenoxy) is 1. The van der Waals surface area contributed by atoms with Crippen LogP contribution in [-0.4, -0.2) is 54.9 Å². The van der Waals surface area contributed by atoms with E-state index in [1.807, 2.05) is 47.1 Å². The van der Waals surface area contributed by atoms with Crippen LogP contribution in [0.4, 0.5) is 0 Å². The Bertz CT molecular complexity index is 605. The van der Waals surface area contributed by atoms with Crippen LogP contribution in [0.2, 0.25) is 0 Å². The van der Waals surface area contributed by atoms with Gasteiger partial charge in [0.15, 0.2) is 5.60 Å². The lowest BCUT2D eigenvalue weighted by molar-refractivity contribution is -0.158. The molecule has 0 N–H and O–H groups in total. The van der Waals surface area contributed by atoms with E-state index in [1.54, 1.807) is 7.11 Å². The Labute approximate surface area is 149 Å². The maximum atomic E-state index is 13.1. The van der Waals surface area contributed by atoms with Gasteiger partial charge in [0.1, 0.15) is 0 Å². The van der Waals surface area contributed by atoms with Crippen molar-refractivity contribution >= 4 is 11.8 Å². The summed E-state index contributed by atoms with van der Waals surface area (Å²) in [5.74, 6) is 0.451. The van der Waals surface area contributed by atoms with Gasteiger partial charge in [-0.3, -0.25) is 9.59 Å². The molecule has 0 aromatic heterocycles. The van der Waals surface area contributed by atoms with E-state index in [0.717, 1.165) is 31.2 Å². The summed E-state index contributed by atoms with van der Waals surface area (Å²) in [6, 6.07) is 9.59. The van der Waals surface area contributed by atoms with E-state index in [4.69, 9.17) is 4.74 Å². The number of rotatable bonds is 4. The number of piperazine rings is 1. The molecule has 1 aromatic rings. The molecule has 1 saturated carbocycles. The Balaban J connectivity index is 1.63. The van der Waals surface area contributed by atoms with Crippen molar-refractivity contribution in [3.63, 3.8) is 0 Å². The molecule has 0 bridgehead atoms. The van der Waals surface area contributed by atoms with Gasteiger partial charge in [0, 0.05) is 39.2 Å². The second-order valence-corrected chi connectivity index (χ2v) is 7.20. The van der Waals surface area contributed by atoms with Crippen LogP contribution in [0.25, 0.3) is 0 Å². The van der Waals surface area contributed by atoms with Gasteiger partial charge in [0.25, 0.3) is 5.91 Å². The van der Waals surface area contributed by atoms with Crippen molar-refractivity contribution in [3.05, 3.63) is 35.9 Å². The Morgan fingerprint density at radius 2 is 1.56 bits per heavy atom. The van der Waals surface area contributed by atoms with Crippen molar-refractivity contribution in [1.82, 2.24) is 9.80 Å². The van der Waals surface area contributed by atoms with Crippen LogP contribution in [0.15, 0.2) is 30.3 Å².